The third-order valence-electron chi connectivity index (χ3n) is 8.38. The van der Waals surface area contributed by atoms with Crippen LogP contribution in [0.25, 0.3) is 0 Å². The molecule has 2 rings (SSSR count). The molecule has 0 aromatic heterocycles. The number of nitrogens with one attached hydrogen (secondary N) is 2. The van der Waals surface area contributed by atoms with Gasteiger partial charge in [0.05, 0.1) is 0 Å². The van der Waals surface area contributed by atoms with Crippen molar-refractivity contribution < 1.29 is 19.4 Å². The van der Waals surface area contributed by atoms with Gasteiger partial charge in [0.25, 0.3) is 0 Å². The Labute approximate surface area is 244 Å². The van der Waals surface area contributed by atoms with Crippen molar-refractivity contribution in [1.29, 1.82) is 0 Å². The fourth-order valence-electron chi connectivity index (χ4n) is 6.76. The van der Waals surface area contributed by atoms with Crippen LogP contribution in [0.4, 0.5) is 9.59 Å². The number of carbonyl (C=O) groups is 2. The van der Waals surface area contributed by atoms with Crippen LogP contribution in [0.3, 0.4) is 0 Å². The Morgan fingerprint density at radius 2 is 1.48 bits per heavy atom. The van der Waals surface area contributed by atoms with E-state index in [1.807, 2.05) is 6.07 Å². The maximum absolute atomic E-state index is 13.0. The van der Waals surface area contributed by atoms with Crippen LogP contribution in [-0.4, -0.2) is 29.9 Å². The van der Waals surface area contributed by atoms with Crippen molar-refractivity contribution in [2.24, 2.45) is 10.8 Å². The molecule has 0 heterocycles. The highest BCUT2D eigenvalue weighted by molar-refractivity contribution is 5.71. The Bertz CT molecular complexity index is 900. The standard InChI is InChI=1S/C34H58N2O4/c1-6-8-10-12-14-16-18-27-20-21-30(28(22-27)19-17-15-13-11-9-7-2)40-32(39)35-26-34(5)24-29(36-31(37)38)23-33(3,4)25-34/h20-22,29,36H,6-19,23-26H2,1-5H3,(H,35,39)(H,37,38). The maximum atomic E-state index is 13.0. The molecular weight excluding hydrogens is 500 g/mol. The van der Waals surface area contributed by atoms with Crippen molar-refractivity contribution in [2.45, 2.75) is 150 Å². The number of ether oxygens (including phenoxy) is 1. The quantitative estimate of drug-likeness (QED) is 0.157. The lowest BCUT2D eigenvalue weighted by Crippen LogP contribution is -2.50. The van der Waals surface area contributed by atoms with Gasteiger partial charge in [-0.25, -0.2) is 9.59 Å². The molecule has 2 atom stereocenters. The Hall–Kier alpha value is -2.24. The molecule has 1 aromatic carbocycles. The van der Waals surface area contributed by atoms with Crippen molar-refractivity contribution in [3.63, 3.8) is 0 Å². The van der Waals surface area contributed by atoms with Crippen LogP contribution < -0.4 is 15.4 Å². The van der Waals surface area contributed by atoms with Crippen molar-refractivity contribution in [2.75, 3.05) is 6.54 Å². The topological polar surface area (TPSA) is 87.7 Å². The summed E-state index contributed by atoms with van der Waals surface area (Å²) in [6.45, 7) is 11.4. The fourth-order valence-corrected chi connectivity index (χ4v) is 6.76. The predicted molar refractivity (Wildman–Crippen MR) is 165 cm³/mol. The van der Waals surface area contributed by atoms with Crippen LogP contribution in [0.15, 0.2) is 18.2 Å². The minimum atomic E-state index is -0.991. The average molecular weight is 559 g/mol. The molecule has 0 aliphatic heterocycles. The molecule has 0 bridgehead atoms. The summed E-state index contributed by atoms with van der Waals surface area (Å²) in [5.74, 6) is 0.664. The van der Waals surface area contributed by atoms with Crippen LogP contribution >= 0.6 is 0 Å². The van der Waals surface area contributed by atoms with E-state index < -0.39 is 12.2 Å². The Morgan fingerprint density at radius 3 is 2.10 bits per heavy atom. The average Bonchev–Trinajstić information content (AvgIpc) is 2.86. The molecule has 1 aromatic rings. The van der Waals surface area contributed by atoms with Gasteiger partial charge in [-0.2, -0.15) is 0 Å². The number of carbonyl (C=O) groups excluding carboxylic acids is 1. The molecule has 0 saturated heterocycles. The number of unbranched alkanes of at least 4 members (excludes halogenated alkanes) is 10. The number of carboxylic acid groups (broad SMARTS) is 1. The van der Waals surface area contributed by atoms with E-state index in [1.54, 1.807) is 0 Å². The van der Waals surface area contributed by atoms with Gasteiger partial charge in [-0.3, -0.25) is 0 Å². The van der Waals surface area contributed by atoms with E-state index in [2.05, 4.69) is 57.4 Å². The first-order chi connectivity index (χ1) is 19.1. The minimum absolute atomic E-state index is 0.0121. The zero-order chi connectivity index (χ0) is 29.4. The third-order valence-corrected chi connectivity index (χ3v) is 8.38. The summed E-state index contributed by atoms with van der Waals surface area (Å²) in [6.07, 6.45) is 18.1. The number of amides is 2. The first-order valence-electron chi connectivity index (χ1n) is 16.1. The van der Waals surface area contributed by atoms with Gasteiger partial charge in [0, 0.05) is 12.6 Å². The van der Waals surface area contributed by atoms with Gasteiger partial charge < -0.3 is 20.5 Å². The normalized spacial score (nSPS) is 20.2. The molecule has 0 radical (unpaired) electrons. The molecule has 2 unspecified atom stereocenters. The molecule has 6 heteroatoms. The molecule has 3 N–H and O–H groups in total. The Balaban J connectivity index is 1.98. The van der Waals surface area contributed by atoms with E-state index in [9.17, 15) is 14.7 Å². The summed E-state index contributed by atoms with van der Waals surface area (Å²) >= 11 is 0. The van der Waals surface area contributed by atoms with Crippen molar-refractivity contribution in [1.82, 2.24) is 10.6 Å². The van der Waals surface area contributed by atoms with Crippen LogP contribution in [0.5, 0.6) is 5.75 Å². The lowest BCUT2D eigenvalue weighted by molar-refractivity contribution is 0.0695. The summed E-state index contributed by atoms with van der Waals surface area (Å²) in [4.78, 5) is 24.2. The smallest absolute Gasteiger partial charge is 0.412 e. The van der Waals surface area contributed by atoms with Gasteiger partial charge in [-0.05, 0) is 73.0 Å². The van der Waals surface area contributed by atoms with Crippen LogP contribution in [0, 0.1) is 10.8 Å². The fraction of sp³-hybridized carbons (Fsp3) is 0.765. The molecular formula is C34H58N2O4. The molecule has 228 valence electrons. The zero-order valence-electron chi connectivity index (χ0n) is 26.2. The summed E-state index contributed by atoms with van der Waals surface area (Å²) < 4.78 is 5.89. The van der Waals surface area contributed by atoms with Gasteiger partial charge >= 0.3 is 12.2 Å². The first-order valence-corrected chi connectivity index (χ1v) is 16.1. The number of hydrogen-bond donors (Lipinski definition) is 3. The maximum Gasteiger partial charge on any atom is 0.412 e. The van der Waals surface area contributed by atoms with E-state index in [-0.39, 0.29) is 16.9 Å². The SMILES string of the molecule is CCCCCCCCc1ccc(OC(=O)NCC2(C)CC(NC(=O)O)CC(C)(C)C2)c(CCCCCCCC)c1. The molecule has 0 spiro atoms. The highest BCUT2D eigenvalue weighted by Gasteiger charge is 2.42. The van der Waals surface area contributed by atoms with E-state index in [0.717, 1.165) is 37.7 Å². The van der Waals surface area contributed by atoms with E-state index in [0.29, 0.717) is 18.7 Å². The summed E-state index contributed by atoms with van der Waals surface area (Å²) in [5, 5.41) is 14.9. The summed E-state index contributed by atoms with van der Waals surface area (Å²) in [5.41, 5.74) is 2.24. The van der Waals surface area contributed by atoms with Gasteiger partial charge in [-0.1, -0.05) is 111 Å². The van der Waals surface area contributed by atoms with Gasteiger partial charge in [0.15, 0.2) is 0 Å². The van der Waals surface area contributed by atoms with E-state index in [1.165, 1.54) is 76.2 Å². The van der Waals surface area contributed by atoms with Gasteiger partial charge in [0.1, 0.15) is 5.75 Å². The van der Waals surface area contributed by atoms with Gasteiger partial charge in [-0.15, -0.1) is 0 Å². The third kappa shape index (κ3) is 13.4. The lowest BCUT2D eigenvalue weighted by Gasteiger charge is -2.46. The second kappa shape index (κ2) is 17.5. The second-order valence-corrected chi connectivity index (χ2v) is 13.4. The lowest BCUT2D eigenvalue weighted by atomic mass is 9.62. The molecule has 2 amide bonds. The number of aryl methyl sites for hydroxylation is 2. The second-order valence-electron chi connectivity index (χ2n) is 13.4. The molecule has 1 aliphatic carbocycles. The molecule has 6 nitrogen and oxygen atoms in total. The van der Waals surface area contributed by atoms with Crippen LogP contribution in [-0.2, 0) is 12.8 Å². The molecule has 1 fully saturated rings. The monoisotopic (exact) mass is 558 g/mol. The number of rotatable bonds is 18. The Kier molecular flexibility index (Phi) is 14.9. The summed E-state index contributed by atoms with van der Waals surface area (Å²) in [6, 6.07) is 6.24. The molecule has 40 heavy (non-hydrogen) atoms. The minimum Gasteiger partial charge on any atom is -0.465 e. The highest BCUT2D eigenvalue weighted by Crippen LogP contribution is 2.45. The number of benzene rings is 1. The highest BCUT2D eigenvalue weighted by atomic mass is 16.6. The van der Waals surface area contributed by atoms with E-state index in [4.69, 9.17) is 4.74 Å². The number of hydrogen-bond acceptors (Lipinski definition) is 3. The van der Waals surface area contributed by atoms with Gasteiger partial charge in [0.2, 0.25) is 0 Å². The summed E-state index contributed by atoms with van der Waals surface area (Å²) in [7, 11) is 0. The van der Waals surface area contributed by atoms with Crippen LogP contribution in [0.1, 0.15) is 142 Å². The molecule has 1 saturated carbocycles. The van der Waals surface area contributed by atoms with Crippen molar-refractivity contribution >= 4 is 12.2 Å². The van der Waals surface area contributed by atoms with Crippen molar-refractivity contribution in [3.8, 4) is 5.75 Å². The predicted octanol–water partition coefficient (Wildman–Crippen LogP) is 9.43. The Morgan fingerprint density at radius 1 is 0.875 bits per heavy atom. The van der Waals surface area contributed by atoms with Crippen molar-refractivity contribution in [3.05, 3.63) is 29.3 Å². The molecule has 1 aliphatic rings. The van der Waals surface area contributed by atoms with Crippen LogP contribution in [0.2, 0.25) is 0 Å². The first kappa shape index (κ1) is 34.0. The zero-order valence-corrected chi connectivity index (χ0v) is 26.2. The largest absolute Gasteiger partial charge is 0.465 e. The van der Waals surface area contributed by atoms with E-state index >= 15 is 0 Å².